The molecule has 218 valence electrons. The topological polar surface area (TPSA) is 62.7 Å². The van der Waals surface area contributed by atoms with Crippen molar-refractivity contribution in [2.24, 2.45) is 0 Å². The van der Waals surface area contributed by atoms with Gasteiger partial charge in [-0.05, 0) is 35.4 Å². The van der Waals surface area contributed by atoms with Crippen molar-refractivity contribution in [3.05, 3.63) is 134 Å². The SMILES string of the molecule is COCOc1ccccc1-c1cccnc1-c1ccccc1-c1ccccc1-c1ncccc1-c1ccccc1OCOC. The molecule has 0 atom stereocenters. The van der Waals surface area contributed by atoms with Gasteiger partial charge in [-0.25, -0.2) is 0 Å². The number of benzene rings is 4. The summed E-state index contributed by atoms with van der Waals surface area (Å²) in [6.07, 6.45) is 3.65. The summed E-state index contributed by atoms with van der Waals surface area (Å²) in [6.45, 7) is 0.311. The van der Waals surface area contributed by atoms with Crippen molar-refractivity contribution in [3.63, 3.8) is 0 Å². The van der Waals surface area contributed by atoms with Gasteiger partial charge in [0.2, 0.25) is 0 Å². The first kappa shape index (κ1) is 28.8. The summed E-state index contributed by atoms with van der Waals surface area (Å²) in [4.78, 5) is 9.82. The second-order valence-corrected chi connectivity index (χ2v) is 9.98. The van der Waals surface area contributed by atoms with E-state index >= 15 is 0 Å². The lowest BCUT2D eigenvalue weighted by atomic mass is 9.88. The molecule has 6 aromatic rings. The Hall–Kier alpha value is -5.30. The lowest BCUT2D eigenvalue weighted by Gasteiger charge is -2.19. The third kappa shape index (κ3) is 5.95. The molecule has 0 saturated carbocycles. The Morgan fingerprint density at radius 1 is 0.386 bits per heavy atom. The molecule has 0 saturated heterocycles. The van der Waals surface area contributed by atoms with E-state index in [9.17, 15) is 0 Å². The van der Waals surface area contributed by atoms with Crippen LogP contribution in [0, 0.1) is 0 Å². The second-order valence-electron chi connectivity index (χ2n) is 9.98. The van der Waals surface area contributed by atoms with Crippen molar-refractivity contribution in [1.82, 2.24) is 9.97 Å². The molecule has 0 radical (unpaired) electrons. The first-order valence-electron chi connectivity index (χ1n) is 14.3. The van der Waals surface area contributed by atoms with Crippen LogP contribution >= 0.6 is 0 Å². The van der Waals surface area contributed by atoms with Gasteiger partial charge >= 0.3 is 0 Å². The molecule has 0 aliphatic rings. The van der Waals surface area contributed by atoms with Crippen LogP contribution in [0.1, 0.15) is 0 Å². The maximum absolute atomic E-state index is 5.94. The summed E-state index contributed by atoms with van der Waals surface area (Å²) in [6, 6.07) is 40.7. The number of hydrogen-bond acceptors (Lipinski definition) is 6. The van der Waals surface area contributed by atoms with Gasteiger partial charge in [0.15, 0.2) is 13.6 Å². The van der Waals surface area contributed by atoms with Gasteiger partial charge in [0, 0.05) is 60.0 Å². The summed E-state index contributed by atoms with van der Waals surface area (Å²) >= 11 is 0. The summed E-state index contributed by atoms with van der Waals surface area (Å²) in [5.74, 6) is 1.46. The molecule has 0 spiro atoms. The normalized spacial score (nSPS) is 10.9. The van der Waals surface area contributed by atoms with Gasteiger partial charge in [-0.3, -0.25) is 9.97 Å². The fourth-order valence-electron chi connectivity index (χ4n) is 5.40. The average Bonchev–Trinajstić information content (AvgIpc) is 3.10. The minimum atomic E-state index is 0.155. The van der Waals surface area contributed by atoms with Crippen LogP contribution in [0.3, 0.4) is 0 Å². The van der Waals surface area contributed by atoms with Crippen molar-refractivity contribution in [3.8, 4) is 67.4 Å². The Balaban J connectivity index is 1.51. The van der Waals surface area contributed by atoms with Gasteiger partial charge in [0.25, 0.3) is 0 Å². The average molecular weight is 581 g/mol. The quantitative estimate of drug-likeness (QED) is 0.143. The van der Waals surface area contributed by atoms with E-state index in [0.717, 1.165) is 67.4 Å². The lowest BCUT2D eigenvalue weighted by Crippen LogP contribution is -2.01. The lowest BCUT2D eigenvalue weighted by molar-refractivity contribution is 0.0514. The second kappa shape index (κ2) is 13.8. The molecular formula is C38H32N2O4. The van der Waals surface area contributed by atoms with Crippen molar-refractivity contribution >= 4 is 0 Å². The summed E-state index contributed by atoms with van der Waals surface area (Å²) < 4.78 is 22.3. The third-order valence-electron chi connectivity index (χ3n) is 7.29. The molecule has 2 aromatic heterocycles. The van der Waals surface area contributed by atoms with Crippen LogP contribution in [0.15, 0.2) is 134 Å². The number of aromatic nitrogens is 2. The molecule has 44 heavy (non-hydrogen) atoms. The highest BCUT2D eigenvalue weighted by molar-refractivity contribution is 5.97. The van der Waals surface area contributed by atoms with E-state index in [1.807, 2.05) is 85.2 Å². The van der Waals surface area contributed by atoms with E-state index in [1.54, 1.807) is 14.2 Å². The molecule has 0 aliphatic heterocycles. The summed E-state index contributed by atoms with van der Waals surface area (Å²) in [5.41, 5.74) is 9.59. The Bertz CT molecular complexity index is 1730. The number of methoxy groups -OCH3 is 2. The fraction of sp³-hybridized carbons (Fsp3) is 0.105. The van der Waals surface area contributed by atoms with Gasteiger partial charge in [-0.2, -0.15) is 0 Å². The molecule has 0 N–H and O–H groups in total. The maximum atomic E-state index is 5.94. The van der Waals surface area contributed by atoms with Gasteiger partial charge in [-0.1, -0.05) is 97.1 Å². The van der Waals surface area contributed by atoms with Crippen molar-refractivity contribution in [1.29, 1.82) is 0 Å². The Morgan fingerprint density at radius 2 is 0.727 bits per heavy atom. The van der Waals surface area contributed by atoms with Crippen LogP contribution in [0.4, 0.5) is 0 Å². The van der Waals surface area contributed by atoms with Crippen molar-refractivity contribution in [2.45, 2.75) is 0 Å². The van der Waals surface area contributed by atoms with Crippen molar-refractivity contribution < 1.29 is 18.9 Å². The highest BCUT2D eigenvalue weighted by Crippen LogP contribution is 2.44. The fourth-order valence-corrected chi connectivity index (χ4v) is 5.40. The van der Waals surface area contributed by atoms with Gasteiger partial charge in [0.05, 0.1) is 11.4 Å². The van der Waals surface area contributed by atoms with E-state index in [4.69, 9.17) is 28.9 Å². The zero-order valence-electron chi connectivity index (χ0n) is 24.6. The minimum absolute atomic E-state index is 0.155. The summed E-state index contributed by atoms with van der Waals surface area (Å²) in [7, 11) is 3.23. The van der Waals surface area contributed by atoms with Gasteiger partial charge in [-0.15, -0.1) is 0 Å². The first-order valence-corrected chi connectivity index (χ1v) is 14.3. The Labute approximate surface area is 257 Å². The molecule has 0 unspecified atom stereocenters. The van der Waals surface area contributed by atoms with E-state index in [-0.39, 0.29) is 13.6 Å². The number of nitrogens with zero attached hydrogens (tertiary/aromatic N) is 2. The third-order valence-corrected chi connectivity index (χ3v) is 7.29. The van der Waals surface area contributed by atoms with E-state index in [0.29, 0.717) is 0 Å². The van der Waals surface area contributed by atoms with E-state index in [1.165, 1.54) is 0 Å². The molecule has 4 aromatic carbocycles. The van der Waals surface area contributed by atoms with Crippen molar-refractivity contribution in [2.75, 3.05) is 27.8 Å². The number of pyridine rings is 2. The predicted octanol–water partition coefficient (Wildman–Crippen LogP) is 8.78. The summed E-state index contributed by atoms with van der Waals surface area (Å²) in [5, 5.41) is 0. The zero-order valence-corrected chi connectivity index (χ0v) is 24.6. The monoisotopic (exact) mass is 580 g/mol. The van der Waals surface area contributed by atoms with Crippen LogP contribution in [0.25, 0.3) is 55.9 Å². The maximum Gasteiger partial charge on any atom is 0.188 e. The number of hydrogen-bond donors (Lipinski definition) is 0. The van der Waals surface area contributed by atoms with E-state index in [2.05, 4.69) is 48.5 Å². The van der Waals surface area contributed by atoms with Gasteiger partial charge in [0.1, 0.15) is 11.5 Å². The molecule has 6 nitrogen and oxygen atoms in total. The molecule has 0 fully saturated rings. The molecule has 6 heteroatoms. The zero-order chi connectivity index (χ0) is 30.1. The number of para-hydroxylation sites is 2. The number of ether oxygens (including phenoxy) is 4. The molecule has 2 heterocycles. The molecule has 6 rings (SSSR count). The molecule has 0 aliphatic carbocycles. The standard InChI is InChI=1S/C38H32N2O4/c1-41-25-43-35-21-9-7-15-29(35)33-19-11-23-39-37(33)31-17-5-3-13-27(31)28-14-4-6-18-32(28)38-34(20-12-24-40-38)30-16-8-10-22-36(30)44-26-42-2/h3-24H,25-26H2,1-2H3. The number of rotatable bonds is 11. The van der Waals surface area contributed by atoms with Crippen LogP contribution in [0.5, 0.6) is 11.5 Å². The first-order chi connectivity index (χ1) is 21.8. The molecular weight excluding hydrogens is 548 g/mol. The van der Waals surface area contributed by atoms with Crippen LogP contribution in [0.2, 0.25) is 0 Å². The predicted molar refractivity (Wildman–Crippen MR) is 174 cm³/mol. The van der Waals surface area contributed by atoms with Gasteiger partial charge < -0.3 is 18.9 Å². The highest BCUT2D eigenvalue weighted by atomic mass is 16.7. The largest absolute Gasteiger partial charge is 0.467 e. The Kier molecular flexibility index (Phi) is 9.02. The minimum Gasteiger partial charge on any atom is -0.467 e. The van der Waals surface area contributed by atoms with Crippen LogP contribution < -0.4 is 9.47 Å². The smallest absolute Gasteiger partial charge is 0.188 e. The van der Waals surface area contributed by atoms with Crippen LogP contribution in [-0.4, -0.2) is 37.8 Å². The highest BCUT2D eigenvalue weighted by Gasteiger charge is 2.20. The Morgan fingerprint density at radius 3 is 1.14 bits per heavy atom. The molecule has 0 amide bonds. The molecule has 0 bridgehead atoms. The van der Waals surface area contributed by atoms with E-state index < -0.39 is 0 Å². The van der Waals surface area contributed by atoms with Crippen LogP contribution in [-0.2, 0) is 9.47 Å².